The highest BCUT2D eigenvalue weighted by atomic mass is 16.5. The quantitative estimate of drug-likeness (QED) is 0.0687. The van der Waals surface area contributed by atoms with Gasteiger partial charge in [0.15, 0.2) is 0 Å². The molecule has 0 N–H and O–H groups in total. The van der Waals surface area contributed by atoms with Gasteiger partial charge < -0.3 is 23.7 Å². The molecule has 0 amide bonds. The number of benzene rings is 3. The van der Waals surface area contributed by atoms with Crippen LogP contribution in [0.2, 0.25) is 0 Å². The summed E-state index contributed by atoms with van der Waals surface area (Å²) in [6, 6.07) is 19.8. The van der Waals surface area contributed by atoms with Gasteiger partial charge in [-0.1, -0.05) is 25.3 Å². The number of ether oxygens (including phenoxy) is 5. The van der Waals surface area contributed by atoms with Gasteiger partial charge in [0, 0.05) is 17.6 Å². The molecule has 0 saturated heterocycles. The van der Waals surface area contributed by atoms with Crippen LogP contribution in [-0.4, -0.2) is 37.1 Å². The number of esters is 4. The zero-order valence-corrected chi connectivity index (χ0v) is 25.7. The maximum absolute atomic E-state index is 12.6. The minimum atomic E-state index is -0.529. The molecule has 0 unspecified atom stereocenters. The highest BCUT2D eigenvalue weighted by Crippen LogP contribution is 2.21. The van der Waals surface area contributed by atoms with Gasteiger partial charge in [0.25, 0.3) is 0 Å². The molecule has 236 valence electrons. The molecule has 3 aromatic carbocycles. The Balaban J connectivity index is 1.33. The van der Waals surface area contributed by atoms with Crippen molar-refractivity contribution in [1.82, 2.24) is 0 Å². The number of rotatable bonds is 17. The van der Waals surface area contributed by atoms with Crippen molar-refractivity contribution in [3.8, 4) is 23.0 Å². The van der Waals surface area contributed by atoms with E-state index >= 15 is 0 Å². The molecule has 0 atom stereocenters. The third-order valence-corrected chi connectivity index (χ3v) is 6.35. The van der Waals surface area contributed by atoms with Gasteiger partial charge in [-0.3, -0.25) is 4.79 Å². The summed E-state index contributed by atoms with van der Waals surface area (Å²) in [5.41, 5.74) is 1.96. The van der Waals surface area contributed by atoms with Crippen molar-refractivity contribution >= 4 is 23.9 Å². The summed E-state index contributed by atoms with van der Waals surface area (Å²) in [6.07, 6.45) is 4.11. The lowest BCUT2D eigenvalue weighted by Crippen LogP contribution is -2.10. The second-order valence-corrected chi connectivity index (χ2v) is 10.4. The van der Waals surface area contributed by atoms with Gasteiger partial charge in [-0.2, -0.15) is 0 Å². The summed E-state index contributed by atoms with van der Waals surface area (Å²) < 4.78 is 26.8. The number of hydrogen-bond acceptors (Lipinski definition) is 9. The maximum Gasteiger partial charge on any atom is 0.343 e. The third-order valence-electron chi connectivity index (χ3n) is 6.35. The summed E-state index contributed by atoms with van der Waals surface area (Å²) in [5, 5.41) is 0. The Morgan fingerprint density at radius 1 is 0.578 bits per heavy atom. The van der Waals surface area contributed by atoms with Crippen molar-refractivity contribution in [2.45, 2.75) is 52.4 Å². The minimum absolute atomic E-state index is 0.149. The third kappa shape index (κ3) is 12.5. The Kier molecular flexibility index (Phi) is 13.6. The molecule has 0 saturated carbocycles. The molecule has 45 heavy (non-hydrogen) atoms. The monoisotopic (exact) mass is 614 g/mol. The fourth-order valence-electron chi connectivity index (χ4n) is 3.81. The summed E-state index contributed by atoms with van der Waals surface area (Å²) in [6.45, 7) is 11.2. The second kappa shape index (κ2) is 17.8. The van der Waals surface area contributed by atoms with Crippen LogP contribution >= 0.6 is 0 Å². The molecule has 0 aliphatic carbocycles. The molecular weight excluding hydrogens is 576 g/mol. The Labute approximate surface area is 263 Å². The molecule has 0 radical (unpaired) electrons. The molecule has 0 fully saturated rings. The van der Waals surface area contributed by atoms with Crippen LogP contribution in [0.3, 0.4) is 0 Å². The number of carbonyl (C=O) groups is 4. The molecule has 0 aliphatic heterocycles. The van der Waals surface area contributed by atoms with Crippen molar-refractivity contribution in [2.75, 3.05) is 13.2 Å². The molecule has 0 spiro atoms. The number of carbonyl (C=O) groups excluding carboxylic acids is 4. The van der Waals surface area contributed by atoms with Gasteiger partial charge >= 0.3 is 23.9 Å². The van der Waals surface area contributed by atoms with Crippen molar-refractivity contribution in [2.24, 2.45) is 0 Å². The van der Waals surface area contributed by atoms with Gasteiger partial charge in [0.2, 0.25) is 0 Å². The average molecular weight is 615 g/mol. The topological polar surface area (TPSA) is 114 Å². The van der Waals surface area contributed by atoms with Gasteiger partial charge in [-0.25, -0.2) is 14.4 Å². The molecule has 0 heterocycles. The highest BCUT2D eigenvalue weighted by molar-refractivity contribution is 5.91. The van der Waals surface area contributed by atoms with Gasteiger partial charge in [0.05, 0.1) is 18.8 Å². The average Bonchev–Trinajstić information content (AvgIpc) is 3.03. The van der Waals surface area contributed by atoms with Crippen LogP contribution in [0, 0.1) is 0 Å². The fraction of sp³-hybridized carbons (Fsp3) is 0.278. The predicted molar refractivity (Wildman–Crippen MR) is 168 cm³/mol. The van der Waals surface area contributed by atoms with E-state index in [2.05, 4.69) is 13.2 Å². The Morgan fingerprint density at radius 2 is 1.09 bits per heavy atom. The van der Waals surface area contributed by atoms with E-state index < -0.39 is 17.9 Å². The van der Waals surface area contributed by atoms with E-state index in [9.17, 15) is 19.2 Å². The first-order chi connectivity index (χ1) is 21.6. The van der Waals surface area contributed by atoms with Crippen LogP contribution in [0.5, 0.6) is 23.0 Å². The van der Waals surface area contributed by atoms with E-state index in [4.69, 9.17) is 23.7 Å². The van der Waals surface area contributed by atoms with E-state index in [1.54, 1.807) is 86.6 Å². The smallest absolute Gasteiger partial charge is 0.343 e. The van der Waals surface area contributed by atoms with Crippen LogP contribution in [0.4, 0.5) is 0 Å². The Morgan fingerprint density at radius 3 is 1.69 bits per heavy atom. The van der Waals surface area contributed by atoms with E-state index in [1.165, 1.54) is 0 Å². The lowest BCUT2D eigenvalue weighted by Gasteiger charge is -2.09. The standard InChI is InChI=1S/C36H38O9/c1-25(2)34(38)42-24-8-6-5-7-23-41-29-16-12-28(13-17-29)36(40)45-32-20-18-30(19-21-32)43-33(37)22-11-27-9-14-31(15-10-27)44-35(39)26(3)4/h9-10,12-21H,1,3,5-8,11,22-24H2,2,4H3. The van der Waals surface area contributed by atoms with Crippen molar-refractivity contribution < 1.29 is 42.9 Å². The summed E-state index contributed by atoms with van der Waals surface area (Å²) >= 11 is 0. The van der Waals surface area contributed by atoms with Crippen LogP contribution in [0.15, 0.2) is 97.1 Å². The largest absolute Gasteiger partial charge is 0.494 e. The molecule has 9 heteroatoms. The van der Waals surface area contributed by atoms with Gasteiger partial charge in [-0.15, -0.1) is 0 Å². The van der Waals surface area contributed by atoms with E-state index in [1.807, 2.05) is 0 Å². The van der Waals surface area contributed by atoms with Crippen molar-refractivity contribution in [3.05, 3.63) is 108 Å². The first kappa shape index (κ1) is 34.3. The zero-order chi connectivity index (χ0) is 32.6. The molecule has 0 aromatic heterocycles. The predicted octanol–water partition coefficient (Wildman–Crippen LogP) is 6.98. The minimum Gasteiger partial charge on any atom is -0.494 e. The van der Waals surface area contributed by atoms with Crippen LogP contribution < -0.4 is 18.9 Å². The molecule has 0 bridgehead atoms. The molecular formula is C36H38O9. The summed E-state index contributed by atoms with van der Waals surface area (Å²) in [4.78, 5) is 47.8. The number of hydrogen-bond donors (Lipinski definition) is 0. The first-order valence-electron chi connectivity index (χ1n) is 14.7. The SMILES string of the molecule is C=C(C)C(=O)OCCCCCCOc1ccc(C(=O)Oc2ccc(OC(=O)CCc3ccc(OC(=O)C(=C)C)cc3)cc2)cc1. The lowest BCUT2D eigenvalue weighted by molar-refractivity contribution is -0.139. The van der Waals surface area contributed by atoms with Crippen LogP contribution in [0.25, 0.3) is 0 Å². The van der Waals surface area contributed by atoms with E-state index in [0.29, 0.717) is 59.3 Å². The van der Waals surface area contributed by atoms with Crippen LogP contribution in [0.1, 0.15) is 61.9 Å². The molecule has 3 aromatic rings. The van der Waals surface area contributed by atoms with E-state index in [-0.39, 0.29) is 12.4 Å². The van der Waals surface area contributed by atoms with Gasteiger partial charge in [0.1, 0.15) is 23.0 Å². The van der Waals surface area contributed by atoms with Crippen molar-refractivity contribution in [1.29, 1.82) is 0 Å². The highest BCUT2D eigenvalue weighted by Gasteiger charge is 2.11. The second-order valence-electron chi connectivity index (χ2n) is 10.4. The van der Waals surface area contributed by atoms with E-state index in [0.717, 1.165) is 31.2 Å². The lowest BCUT2D eigenvalue weighted by atomic mass is 10.1. The Hall–Kier alpha value is -5.18. The summed E-state index contributed by atoms with van der Waals surface area (Å²) in [5.74, 6) is -0.116. The van der Waals surface area contributed by atoms with Crippen molar-refractivity contribution in [3.63, 3.8) is 0 Å². The first-order valence-corrected chi connectivity index (χ1v) is 14.7. The fourth-order valence-corrected chi connectivity index (χ4v) is 3.81. The number of unbranched alkanes of at least 4 members (excludes halogenated alkanes) is 3. The van der Waals surface area contributed by atoms with Crippen LogP contribution in [-0.2, 0) is 25.5 Å². The zero-order valence-electron chi connectivity index (χ0n) is 25.7. The normalized spacial score (nSPS) is 10.4. The maximum atomic E-state index is 12.6. The molecule has 0 aliphatic rings. The summed E-state index contributed by atoms with van der Waals surface area (Å²) in [7, 11) is 0. The van der Waals surface area contributed by atoms with Gasteiger partial charge in [-0.05, 0) is 112 Å². The molecule has 3 rings (SSSR count). The number of aryl methyl sites for hydroxylation is 1. The Bertz CT molecular complexity index is 1470. The molecule has 9 nitrogen and oxygen atoms in total.